The van der Waals surface area contributed by atoms with Crippen LogP contribution in [0.25, 0.3) is 4.85 Å². The van der Waals surface area contributed by atoms with Gasteiger partial charge in [0.15, 0.2) is 6.04 Å². The third-order valence-electron chi connectivity index (χ3n) is 2.55. The van der Waals surface area contributed by atoms with Crippen LogP contribution in [-0.4, -0.2) is 28.3 Å². The lowest BCUT2D eigenvalue weighted by Crippen LogP contribution is -2.39. The number of hydrogen-bond acceptors (Lipinski definition) is 3. The molecule has 0 aromatic heterocycles. The number of nitrogens with zero attached hydrogens (tertiary/aromatic N) is 1. The van der Waals surface area contributed by atoms with Crippen molar-refractivity contribution in [3.63, 3.8) is 0 Å². The molecule has 0 aliphatic carbocycles. The summed E-state index contributed by atoms with van der Waals surface area (Å²) in [5, 5.41) is 21.3. The summed E-state index contributed by atoms with van der Waals surface area (Å²) in [6, 6.07) is 1.96. The molecule has 1 aromatic rings. The highest BCUT2D eigenvalue weighted by molar-refractivity contribution is 6.34. The van der Waals surface area contributed by atoms with Gasteiger partial charge in [0.1, 0.15) is 0 Å². The summed E-state index contributed by atoms with van der Waals surface area (Å²) in [6.45, 7) is 9.98. The molecule has 18 heavy (non-hydrogen) atoms. The number of carboxylic acid groups (broad SMARTS) is 1. The smallest absolute Gasteiger partial charge is 0.328 e. The van der Waals surface area contributed by atoms with Crippen molar-refractivity contribution in [3.05, 3.63) is 34.1 Å². The van der Waals surface area contributed by atoms with E-state index >= 15 is 0 Å². The molecule has 2 atom stereocenters. The van der Waals surface area contributed by atoms with E-state index in [9.17, 15) is 9.90 Å². The van der Waals surface area contributed by atoms with Gasteiger partial charge in [0.25, 0.3) is 0 Å². The van der Waals surface area contributed by atoms with Crippen LogP contribution in [0.15, 0.2) is 12.1 Å². The van der Waals surface area contributed by atoms with Crippen molar-refractivity contribution >= 4 is 28.9 Å². The molecule has 0 saturated carbocycles. The van der Waals surface area contributed by atoms with Gasteiger partial charge in [-0.05, 0) is 25.5 Å². The number of aliphatic hydroxyl groups is 1. The largest absolute Gasteiger partial charge is 0.480 e. The standard InChI is InChI=1S/C12H13ClN2O3/c1-6-8(4-5-9(14-3)10(6)13)15-11(7(2)16)12(17)18/h4-5,7,11,15-16H,1-2H3,(H,17,18)/t7-,11?/m1/s1. The lowest BCUT2D eigenvalue weighted by molar-refractivity contribution is -0.140. The number of carboxylic acids is 1. The highest BCUT2D eigenvalue weighted by Gasteiger charge is 2.23. The quantitative estimate of drug-likeness (QED) is 0.734. The predicted molar refractivity (Wildman–Crippen MR) is 69.2 cm³/mol. The van der Waals surface area contributed by atoms with Gasteiger partial charge in [-0.1, -0.05) is 17.7 Å². The van der Waals surface area contributed by atoms with Crippen LogP contribution in [0.3, 0.4) is 0 Å². The number of carbonyl (C=O) groups is 1. The number of halogens is 1. The van der Waals surface area contributed by atoms with Gasteiger partial charge >= 0.3 is 5.97 Å². The number of nitrogens with one attached hydrogen (secondary N) is 1. The van der Waals surface area contributed by atoms with Crippen molar-refractivity contribution in [1.29, 1.82) is 0 Å². The molecule has 0 heterocycles. The first-order chi connectivity index (χ1) is 8.38. The third kappa shape index (κ3) is 2.92. The molecule has 1 unspecified atom stereocenters. The molecule has 96 valence electrons. The van der Waals surface area contributed by atoms with Gasteiger partial charge in [-0.25, -0.2) is 9.64 Å². The van der Waals surface area contributed by atoms with E-state index in [1.807, 2.05) is 0 Å². The zero-order valence-corrected chi connectivity index (χ0v) is 10.7. The van der Waals surface area contributed by atoms with Gasteiger partial charge in [0.05, 0.1) is 17.7 Å². The van der Waals surface area contributed by atoms with Crippen molar-refractivity contribution in [3.8, 4) is 0 Å². The van der Waals surface area contributed by atoms with Crippen molar-refractivity contribution < 1.29 is 15.0 Å². The molecule has 0 fully saturated rings. The lowest BCUT2D eigenvalue weighted by Gasteiger charge is -2.20. The zero-order valence-electron chi connectivity index (χ0n) is 9.94. The highest BCUT2D eigenvalue weighted by Crippen LogP contribution is 2.33. The first kappa shape index (κ1) is 14.3. The first-order valence-electron chi connectivity index (χ1n) is 5.22. The summed E-state index contributed by atoms with van der Waals surface area (Å²) in [7, 11) is 0. The fourth-order valence-electron chi connectivity index (χ4n) is 1.47. The van der Waals surface area contributed by atoms with Crippen LogP contribution in [0.2, 0.25) is 5.02 Å². The molecule has 6 heteroatoms. The summed E-state index contributed by atoms with van der Waals surface area (Å²) in [4.78, 5) is 14.2. The molecule has 0 amide bonds. The van der Waals surface area contributed by atoms with Gasteiger partial charge in [-0.15, -0.1) is 0 Å². The van der Waals surface area contributed by atoms with Crippen LogP contribution >= 0.6 is 11.6 Å². The number of aliphatic hydroxyl groups excluding tert-OH is 1. The van der Waals surface area contributed by atoms with Crippen LogP contribution < -0.4 is 5.32 Å². The average Bonchev–Trinajstić information content (AvgIpc) is 2.30. The topological polar surface area (TPSA) is 73.9 Å². The van der Waals surface area contributed by atoms with Crippen LogP contribution in [0.1, 0.15) is 12.5 Å². The van der Waals surface area contributed by atoms with E-state index in [1.54, 1.807) is 13.0 Å². The molecule has 0 spiro atoms. The molecule has 1 aromatic carbocycles. The van der Waals surface area contributed by atoms with Crippen molar-refractivity contribution in [2.45, 2.75) is 26.0 Å². The van der Waals surface area contributed by atoms with Crippen molar-refractivity contribution in [1.82, 2.24) is 0 Å². The first-order valence-corrected chi connectivity index (χ1v) is 5.60. The second-order valence-corrected chi connectivity index (χ2v) is 4.26. The Morgan fingerprint density at radius 3 is 2.61 bits per heavy atom. The van der Waals surface area contributed by atoms with Gasteiger partial charge in [0.2, 0.25) is 5.69 Å². The van der Waals surface area contributed by atoms with E-state index in [0.29, 0.717) is 16.9 Å². The Morgan fingerprint density at radius 1 is 1.56 bits per heavy atom. The summed E-state index contributed by atoms with van der Waals surface area (Å²) in [5.41, 5.74) is 1.38. The Labute approximate surface area is 110 Å². The van der Waals surface area contributed by atoms with Crippen LogP contribution in [0.5, 0.6) is 0 Å². The summed E-state index contributed by atoms with van der Waals surface area (Å²) < 4.78 is 0. The van der Waals surface area contributed by atoms with Gasteiger partial charge in [-0.2, -0.15) is 0 Å². The normalized spacial score (nSPS) is 13.5. The minimum atomic E-state index is -1.16. The van der Waals surface area contributed by atoms with Gasteiger partial charge in [-0.3, -0.25) is 0 Å². The maximum Gasteiger partial charge on any atom is 0.328 e. The number of rotatable bonds is 4. The second kappa shape index (κ2) is 5.71. The van der Waals surface area contributed by atoms with Crippen LogP contribution in [0.4, 0.5) is 11.4 Å². The molecule has 5 nitrogen and oxygen atoms in total. The molecule has 0 bridgehead atoms. The fraction of sp³-hybridized carbons (Fsp3) is 0.333. The minimum Gasteiger partial charge on any atom is -0.480 e. The number of hydrogen-bond donors (Lipinski definition) is 3. The van der Waals surface area contributed by atoms with E-state index in [0.717, 1.165) is 0 Å². The molecule has 1 rings (SSSR count). The number of aliphatic carboxylic acids is 1. The Morgan fingerprint density at radius 2 is 2.17 bits per heavy atom. The molecular formula is C12H13ClN2O3. The second-order valence-electron chi connectivity index (χ2n) is 3.88. The van der Waals surface area contributed by atoms with E-state index in [1.165, 1.54) is 13.0 Å². The van der Waals surface area contributed by atoms with E-state index in [2.05, 4.69) is 10.2 Å². The van der Waals surface area contributed by atoms with Crippen molar-refractivity contribution in [2.24, 2.45) is 0 Å². The minimum absolute atomic E-state index is 0.282. The molecule has 3 N–H and O–H groups in total. The molecule has 0 aliphatic heterocycles. The van der Waals surface area contributed by atoms with Crippen LogP contribution in [-0.2, 0) is 4.79 Å². The maximum atomic E-state index is 11.0. The Balaban J connectivity index is 3.09. The number of anilines is 1. The summed E-state index contributed by atoms with van der Waals surface area (Å²) in [5.74, 6) is -1.16. The van der Waals surface area contributed by atoms with Crippen LogP contribution in [0, 0.1) is 13.5 Å². The van der Waals surface area contributed by atoms with Crippen molar-refractivity contribution in [2.75, 3.05) is 5.32 Å². The molecule has 0 radical (unpaired) electrons. The Hall–Kier alpha value is -1.77. The third-order valence-corrected chi connectivity index (χ3v) is 3.02. The maximum absolute atomic E-state index is 11.0. The highest BCUT2D eigenvalue weighted by atomic mass is 35.5. The zero-order chi connectivity index (χ0) is 13.9. The molecular weight excluding hydrogens is 256 g/mol. The van der Waals surface area contributed by atoms with E-state index < -0.39 is 18.1 Å². The Bertz CT molecular complexity index is 509. The fourth-order valence-corrected chi connectivity index (χ4v) is 1.68. The van der Waals surface area contributed by atoms with Gasteiger partial charge in [0, 0.05) is 5.69 Å². The predicted octanol–water partition coefficient (Wildman–Crippen LogP) is 2.45. The number of benzene rings is 1. The SMILES string of the molecule is [C-]#[N+]c1ccc(NC(C(=O)O)[C@@H](C)O)c(C)c1Cl. The van der Waals surface area contributed by atoms with Gasteiger partial charge < -0.3 is 15.5 Å². The monoisotopic (exact) mass is 268 g/mol. The molecule has 0 saturated heterocycles. The summed E-state index contributed by atoms with van der Waals surface area (Å²) in [6.07, 6.45) is -1.05. The average molecular weight is 269 g/mol. The van der Waals surface area contributed by atoms with E-state index in [-0.39, 0.29) is 5.02 Å². The lowest BCUT2D eigenvalue weighted by atomic mass is 10.1. The molecule has 0 aliphatic rings. The summed E-state index contributed by atoms with van der Waals surface area (Å²) >= 11 is 5.98. The Kier molecular flexibility index (Phi) is 4.54. The van der Waals surface area contributed by atoms with E-state index in [4.69, 9.17) is 23.3 Å².